The molecule has 0 saturated carbocycles. The number of nitrogens with zero attached hydrogens (tertiary/aromatic N) is 6. The first-order valence-electron chi connectivity index (χ1n) is 10.2. The fourth-order valence-corrected chi connectivity index (χ4v) is 3.72. The molecular weight excluding hydrogens is 586 g/mol. The topological polar surface area (TPSA) is 123 Å². The Bertz CT molecular complexity index is 1950. The molecular formula is C26F10N6. The summed E-state index contributed by atoms with van der Waals surface area (Å²) < 4.78 is 147. The number of hydrogen-bond acceptors (Lipinski definition) is 5. The quantitative estimate of drug-likeness (QED) is 0.245. The molecule has 0 atom stereocenters. The highest BCUT2D eigenvalue weighted by atomic mass is 19.2. The van der Waals surface area contributed by atoms with Crippen LogP contribution in [0.4, 0.5) is 49.6 Å². The van der Waals surface area contributed by atoms with Crippen LogP contribution in [0.1, 0.15) is 27.8 Å². The first-order chi connectivity index (χ1) is 19.8. The lowest BCUT2D eigenvalue weighted by Gasteiger charge is -2.12. The summed E-state index contributed by atoms with van der Waals surface area (Å²) in [6.07, 6.45) is 0. The van der Waals surface area contributed by atoms with E-state index in [1.165, 1.54) is 0 Å². The number of nitriles is 5. The van der Waals surface area contributed by atoms with Crippen molar-refractivity contribution in [2.45, 2.75) is 0 Å². The predicted octanol–water partition coefficient (Wildman–Crippen LogP) is 4.69. The van der Waals surface area contributed by atoms with Crippen molar-refractivity contribution in [3.05, 3.63) is 108 Å². The highest BCUT2D eigenvalue weighted by Crippen LogP contribution is 2.31. The molecule has 0 amide bonds. The van der Waals surface area contributed by atoms with E-state index in [0.717, 1.165) is 30.3 Å². The van der Waals surface area contributed by atoms with E-state index in [1.807, 2.05) is 0 Å². The van der Waals surface area contributed by atoms with Crippen molar-refractivity contribution in [3.8, 4) is 30.3 Å². The average Bonchev–Trinajstić information content (AvgIpc) is 2.97. The maximum Gasteiger partial charge on any atom is 0.234 e. The summed E-state index contributed by atoms with van der Waals surface area (Å²) >= 11 is 0. The second kappa shape index (κ2) is 11.0. The number of halogens is 10. The Balaban J connectivity index is 2.81. The Morgan fingerprint density at radius 2 is 0.786 bits per heavy atom. The fraction of sp³-hybridized carbons (Fsp3) is 0. The highest BCUT2D eigenvalue weighted by molar-refractivity contribution is 5.84. The Hall–Kier alpha value is -6.36. The van der Waals surface area contributed by atoms with E-state index in [9.17, 15) is 50.9 Å². The molecule has 0 N–H and O–H groups in total. The molecule has 0 bridgehead atoms. The minimum absolute atomic E-state index is 0.782. The SMILES string of the molecule is [C-]#[N+]c1c(F)c(=C(C#N)c2c(F)c(F)c(C#N)c(F)c2F)c(C#N)c(F)c1=C(C#N)c1c(F)c(F)c(C#N)c(F)c1F. The third-order valence-corrected chi connectivity index (χ3v) is 5.55. The molecule has 3 aromatic carbocycles. The molecule has 0 spiro atoms. The van der Waals surface area contributed by atoms with Crippen LogP contribution in [0, 0.1) is 121 Å². The summed E-state index contributed by atoms with van der Waals surface area (Å²) in [6.45, 7) is 7.18. The molecule has 0 aliphatic carbocycles. The molecule has 0 aliphatic heterocycles. The molecule has 204 valence electrons. The maximum absolute atomic E-state index is 15.7. The molecule has 0 fully saturated rings. The molecule has 0 unspecified atom stereocenters. The Kier molecular flexibility index (Phi) is 7.92. The molecule has 0 aromatic heterocycles. The van der Waals surface area contributed by atoms with Gasteiger partial charge in [-0.3, -0.25) is 0 Å². The summed E-state index contributed by atoms with van der Waals surface area (Å²) in [5.41, 5.74) is -15.2. The smallest absolute Gasteiger partial charge is 0.234 e. The van der Waals surface area contributed by atoms with Gasteiger partial charge in [-0.25, -0.2) is 48.7 Å². The lowest BCUT2D eigenvalue weighted by Crippen LogP contribution is -2.29. The van der Waals surface area contributed by atoms with E-state index in [2.05, 4.69) is 4.85 Å². The minimum Gasteiger partial charge on any atom is -0.234 e. The van der Waals surface area contributed by atoms with Crippen molar-refractivity contribution in [2.24, 2.45) is 0 Å². The zero-order valence-electron chi connectivity index (χ0n) is 19.5. The van der Waals surface area contributed by atoms with Gasteiger partial charge in [0.1, 0.15) is 47.0 Å². The van der Waals surface area contributed by atoms with Gasteiger partial charge in [-0.1, -0.05) is 0 Å². The Morgan fingerprint density at radius 1 is 0.452 bits per heavy atom. The van der Waals surface area contributed by atoms with Crippen molar-refractivity contribution in [2.75, 3.05) is 0 Å². The van der Waals surface area contributed by atoms with Crippen LogP contribution in [0.3, 0.4) is 0 Å². The zero-order valence-corrected chi connectivity index (χ0v) is 19.5. The summed E-state index contributed by atoms with van der Waals surface area (Å²) in [5.74, 6) is -24.2. The molecule has 0 saturated heterocycles. The molecule has 16 heteroatoms. The summed E-state index contributed by atoms with van der Waals surface area (Å²) in [4.78, 5) is 2.48. The third kappa shape index (κ3) is 4.09. The highest BCUT2D eigenvalue weighted by Gasteiger charge is 2.33. The van der Waals surface area contributed by atoms with Gasteiger partial charge < -0.3 is 0 Å². The van der Waals surface area contributed by atoms with Gasteiger partial charge in [0.2, 0.25) is 5.69 Å². The molecule has 6 nitrogen and oxygen atoms in total. The standard InChI is InChI=1S/C26F10N6/c1-42-26-15(8(3-38)14-23(34)19(30)11(6-41)20(31)24(14)35)16(27)9(4-39)12(25(26)36)7(2-37)13-21(32)17(28)10(5-40)18(29)22(13)33. The second-order valence-electron chi connectivity index (χ2n) is 7.53. The lowest BCUT2D eigenvalue weighted by molar-refractivity contribution is 0.446. The monoisotopic (exact) mass is 586 g/mol. The van der Waals surface area contributed by atoms with Crippen LogP contribution < -0.4 is 10.4 Å². The average molecular weight is 586 g/mol. The second-order valence-corrected chi connectivity index (χ2v) is 7.53. The van der Waals surface area contributed by atoms with Crippen molar-refractivity contribution >= 4 is 16.8 Å². The van der Waals surface area contributed by atoms with Gasteiger partial charge in [0.05, 0.1) is 40.5 Å². The summed E-state index contributed by atoms with van der Waals surface area (Å²) in [6, 6.07) is 4.22. The molecule has 3 aromatic rings. The molecule has 42 heavy (non-hydrogen) atoms. The largest absolute Gasteiger partial charge is 0.234 e. The van der Waals surface area contributed by atoms with E-state index >= 15 is 8.78 Å². The van der Waals surface area contributed by atoms with Crippen LogP contribution in [0.25, 0.3) is 16.0 Å². The van der Waals surface area contributed by atoms with E-state index in [1.54, 1.807) is 0 Å². The van der Waals surface area contributed by atoms with Gasteiger partial charge in [-0.15, -0.1) is 0 Å². The van der Waals surface area contributed by atoms with E-state index in [-0.39, 0.29) is 0 Å². The molecule has 0 heterocycles. The normalized spacial score (nSPS) is 11.7. The fourth-order valence-electron chi connectivity index (χ4n) is 3.72. The first kappa shape index (κ1) is 30.2. The van der Waals surface area contributed by atoms with Gasteiger partial charge in [-0.2, -0.15) is 26.3 Å². The van der Waals surface area contributed by atoms with Crippen LogP contribution in [-0.2, 0) is 0 Å². The van der Waals surface area contributed by atoms with Gasteiger partial charge >= 0.3 is 0 Å². The van der Waals surface area contributed by atoms with Gasteiger partial charge in [0.25, 0.3) is 0 Å². The van der Waals surface area contributed by atoms with Crippen molar-refractivity contribution in [3.63, 3.8) is 0 Å². The third-order valence-electron chi connectivity index (χ3n) is 5.55. The van der Waals surface area contributed by atoms with E-state index < -0.39 is 113 Å². The number of benzene rings is 3. The number of hydrogen-bond donors (Lipinski definition) is 0. The lowest BCUT2D eigenvalue weighted by atomic mass is 9.94. The summed E-state index contributed by atoms with van der Waals surface area (Å²) in [7, 11) is 0. The van der Waals surface area contributed by atoms with E-state index in [0.29, 0.717) is 0 Å². The van der Waals surface area contributed by atoms with Crippen LogP contribution >= 0.6 is 0 Å². The van der Waals surface area contributed by atoms with Crippen molar-refractivity contribution in [1.82, 2.24) is 0 Å². The van der Waals surface area contributed by atoms with Crippen LogP contribution in [0.5, 0.6) is 0 Å². The summed E-state index contributed by atoms with van der Waals surface area (Å²) in [5, 5.41) is 42.3. The zero-order chi connectivity index (χ0) is 31.8. The van der Waals surface area contributed by atoms with Gasteiger partial charge in [-0.05, 0) is 0 Å². The first-order valence-corrected chi connectivity index (χ1v) is 10.2. The maximum atomic E-state index is 15.7. The number of rotatable bonds is 2. The molecule has 0 radical (unpaired) electrons. The predicted molar refractivity (Wildman–Crippen MR) is 115 cm³/mol. The van der Waals surface area contributed by atoms with Gasteiger partial charge in [0, 0.05) is 10.4 Å². The van der Waals surface area contributed by atoms with Crippen LogP contribution in [0.15, 0.2) is 0 Å². The van der Waals surface area contributed by atoms with Crippen LogP contribution in [-0.4, -0.2) is 0 Å². The van der Waals surface area contributed by atoms with Crippen LogP contribution in [0.2, 0.25) is 0 Å². The Morgan fingerprint density at radius 3 is 1.07 bits per heavy atom. The van der Waals surface area contributed by atoms with Crippen molar-refractivity contribution < 1.29 is 43.9 Å². The molecule has 3 rings (SSSR count). The molecule has 0 aliphatic rings. The van der Waals surface area contributed by atoms with Crippen molar-refractivity contribution in [1.29, 1.82) is 26.3 Å². The Labute approximate surface area is 225 Å². The van der Waals surface area contributed by atoms with Gasteiger partial charge in [0.15, 0.2) is 46.5 Å². The minimum atomic E-state index is -2.49. The van der Waals surface area contributed by atoms with E-state index in [4.69, 9.17) is 17.1 Å².